The number of nitrogens with zero attached hydrogens (tertiary/aromatic N) is 1. The molecule has 0 aliphatic rings. The van der Waals surface area contributed by atoms with Crippen LogP contribution >= 0.6 is 15.9 Å². The maximum Gasteiger partial charge on any atom is 0.190 e. The number of H-pyrrole nitrogens is 1. The third-order valence-corrected chi connectivity index (χ3v) is 4.93. The molecule has 2 aromatic heterocycles. The zero-order valence-corrected chi connectivity index (χ0v) is 16.2. The topological polar surface area (TPSA) is 77.3 Å². The average Bonchev–Trinajstić information content (AvgIpc) is 3.21. The van der Waals surface area contributed by atoms with Crippen molar-refractivity contribution in [3.8, 4) is 34.1 Å². The van der Waals surface area contributed by atoms with E-state index in [0.717, 1.165) is 15.8 Å². The van der Waals surface area contributed by atoms with Crippen molar-refractivity contribution < 1.29 is 13.9 Å². The summed E-state index contributed by atoms with van der Waals surface area (Å²) in [4.78, 5) is 20.0. The highest BCUT2D eigenvalue weighted by atomic mass is 79.9. The summed E-state index contributed by atoms with van der Waals surface area (Å²) in [5.74, 6) is 1.85. The van der Waals surface area contributed by atoms with Crippen LogP contribution in [0.4, 0.5) is 0 Å². The third kappa shape index (κ3) is 3.10. The van der Waals surface area contributed by atoms with Gasteiger partial charge in [0.05, 0.1) is 36.0 Å². The van der Waals surface area contributed by atoms with Crippen molar-refractivity contribution in [2.45, 2.75) is 0 Å². The van der Waals surface area contributed by atoms with E-state index in [2.05, 4.69) is 25.9 Å². The Kier molecular flexibility index (Phi) is 4.45. The summed E-state index contributed by atoms with van der Waals surface area (Å²) in [6.07, 6.45) is 2.93. The maximum absolute atomic E-state index is 12.8. The number of hydrogen-bond acceptors (Lipinski definition) is 5. The second-order valence-electron chi connectivity index (χ2n) is 5.86. The van der Waals surface area contributed by atoms with Gasteiger partial charge >= 0.3 is 0 Å². The van der Waals surface area contributed by atoms with E-state index < -0.39 is 0 Å². The normalized spacial score (nSPS) is 10.9. The minimum atomic E-state index is -0.103. The van der Waals surface area contributed by atoms with Gasteiger partial charge in [-0.1, -0.05) is 0 Å². The quantitative estimate of drug-likeness (QED) is 0.514. The van der Waals surface area contributed by atoms with Crippen LogP contribution in [0.3, 0.4) is 0 Å². The van der Waals surface area contributed by atoms with Crippen molar-refractivity contribution in [1.82, 2.24) is 9.97 Å². The first kappa shape index (κ1) is 17.4. The molecule has 6 nitrogen and oxygen atoms in total. The average molecular weight is 427 g/mol. The zero-order valence-electron chi connectivity index (χ0n) is 14.6. The molecule has 4 aromatic rings. The van der Waals surface area contributed by atoms with Gasteiger partial charge in [0.2, 0.25) is 0 Å². The van der Waals surface area contributed by atoms with E-state index >= 15 is 0 Å². The number of aromatic amines is 1. The first-order chi connectivity index (χ1) is 13.1. The fourth-order valence-electron chi connectivity index (χ4n) is 2.98. The molecule has 0 saturated carbocycles. The highest BCUT2D eigenvalue weighted by Crippen LogP contribution is 2.34. The molecule has 0 aliphatic heterocycles. The predicted molar refractivity (Wildman–Crippen MR) is 106 cm³/mol. The molecule has 0 radical (unpaired) electrons. The predicted octanol–water partition coefficient (Wildman–Crippen LogP) is 4.63. The van der Waals surface area contributed by atoms with E-state index in [1.165, 1.54) is 6.39 Å². The molecule has 0 saturated heterocycles. The summed E-state index contributed by atoms with van der Waals surface area (Å²) in [6.45, 7) is 0. The van der Waals surface area contributed by atoms with Gasteiger partial charge in [-0.05, 0) is 45.8 Å². The highest BCUT2D eigenvalue weighted by Gasteiger charge is 2.14. The Hall–Kier alpha value is -3.06. The molecule has 136 valence electrons. The molecule has 0 atom stereocenters. The number of rotatable bonds is 4. The summed E-state index contributed by atoms with van der Waals surface area (Å²) in [5.41, 5.74) is 2.80. The van der Waals surface area contributed by atoms with Gasteiger partial charge in [-0.25, -0.2) is 4.98 Å². The maximum atomic E-state index is 12.8. The van der Waals surface area contributed by atoms with Crippen LogP contribution in [-0.4, -0.2) is 24.2 Å². The molecule has 1 N–H and O–H groups in total. The standard InChI is InChI=1S/C20H15BrN2O4/c1-25-18-4-3-11(5-14(18)21)15-7-17(24)12-6-13(20-9-22-10-27-20)19(26-2)8-16(12)23-15/h3-10H,1-2H3,(H,23,24). The number of ether oxygens (including phenoxy) is 2. The number of methoxy groups -OCH3 is 2. The molecule has 2 aromatic carbocycles. The monoisotopic (exact) mass is 426 g/mol. The number of oxazole rings is 1. The lowest BCUT2D eigenvalue weighted by Gasteiger charge is -2.11. The second-order valence-corrected chi connectivity index (χ2v) is 6.71. The van der Waals surface area contributed by atoms with Crippen molar-refractivity contribution >= 4 is 26.8 Å². The van der Waals surface area contributed by atoms with E-state index in [9.17, 15) is 4.79 Å². The molecular formula is C20H15BrN2O4. The van der Waals surface area contributed by atoms with Crippen molar-refractivity contribution in [3.05, 3.63) is 63.7 Å². The van der Waals surface area contributed by atoms with E-state index in [0.29, 0.717) is 33.7 Å². The van der Waals surface area contributed by atoms with Crippen LogP contribution in [0.15, 0.2) is 62.7 Å². The van der Waals surface area contributed by atoms with Crippen LogP contribution in [0.25, 0.3) is 33.5 Å². The Morgan fingerprint density at radius 2 is 1.89 bits per heavy atom. The Labute approximate surface area is 162 Å². The van der Waals surface area contributed by atoms with Crippen LogP contribution in [0.2, 0.25) is 0 Å². The molecule has 0 bridgehead atoms. The van der Waals surface area contributed by atoms with E-state index in [4.69, 9.17) is 13.9 Å². The smallest absolute Gasteiger partial charge is 0.190 e. The fraction of sp³-hybridized carbons (Fsp3) is 0.100. The third-order valence-electron chi connectivity index (χ3n) is 4.31. The minimum absolute atomic E-state index is 0.103. The number of benzene rings is 2. The number of aromatic nitrogens is 2. The molecule has 0 aliphatic carbocycles. The lowest BCUT2D eigenvalue weighted by atomic mass is 10.1. The van der Waals surface area contributed by atoms with Crippen molar-refractivity contribution in [1.29, 1.82) is 0 Å². The van der Waals surface area contributed by atoms with Crippen LogP contribution in [-0.2, 0) is 0 Å². The Bertz CT molecular complexity index is 1180. The lowest BCUT2D eigenvalue weighted by Crippen LogP contribution is -2.04. The molecule has 0 fully saturated rings. The number of halogens is 1. The largest absolute Gasteiger partial charge is 0.496 e. The van der Waals surface area contributed by atoms with Gasteiger partial charge < -0.3 is 18.9 Å². The van der Waals surface area contributed by atoms with Crippen LogP contribution < -0.4 is 14.9 Å². The Morgan fingerprint density at radius 1 is 1.07 bits per heavy atom. The van der Waals surface area contributed by atoms with Gasteiger partial charge in [0.25, 0.3) is 0 Å². The molecule has 4 rings (SSSR count). The molecule has 27 heavy (non-hydrogen) atoms. The van der Waals surface area contributed by atoms with Crippen LogP contribution in [0, 0.1) is 0 Å². The minimum Gasteiger partial charge on any atom is -0.496 e. The van der Waals surface area contributed by atoms with Gasteiger partial charge in [0.15, 0.2) is 17.6 Å². The highest BCUT2D eigenvalue weighted by molar-refractivity contribution is 9.10. The summed E-state index contributed by atoms with van der Waals surface area (Å²) in [7, 11) is 3.18. The van der Waals surface area contributed by atoms with Crippen molar-refractivity contribution in [3.63, 3.8) is 0 Å². The summed E-state index contributed by atoms with van der Waals surface area (Å²) >= 11 is 3.47. The lowest BCUT2D eigenvalue weighted by molar-refractivity contribution is 0.412. The number of nitrogens with one attached hydrogen (secondary N) is 1. The van der Waals surface area contributed by atoms with Gasteiger partial charge in [0.1, 0.15) is 11.5 Å². The van der Waals surface area contributed by atoms with Gasteiger partial charge in [0, 0.05) is 23.2 Å². The number of pyridine rings is 1. The van der Waals surface area contributed by atoms with Crippen LogP contribution in [0.1, 0.15) is 0 Å². The van der Waals surface area contributed by atoms with Gasteiger partial charge in [-0.2, -0.15) is 0 Å². The van der Waals surface area contributed by atoms with E-state index in [1.807, 2.05) is 18.2 Å². The first-order valence-corrected chi connectivity index (χ1v) is 8.88. The summed E-state index contributed by atoms with van der Waals surface area (Å²) in [5, 5.41) is 0.540. The van der Waals surface area contributed by atoms with Crippen molar-refractivity contribution in [2.24, 2.45) is 0 Å². The Balaban J connectivity index is 1.90. The van der Waals surface area contributed by atoms with E-state index in [1.54, 1.807) is 38.6 Å². The second kappa shape index (κ2) is 6.92. The molecule has 0 amide bonds. The molecule has 0 spiro atoms. The summed E-state index contributed by atoms with van der Waals surface area (Å²) in [6, 6.07) is 10.7. The molecule has 2 heterocycles. The first-order valence-electron chi connectivity index (χ1n) is 8.08. The fourth-order valence-corrected chi connectivity index (χ4v) is 3.52. The van der Waals surface area contributed by atoms with Crippen LogP contribution in [0.5, 0.6) is 11.5 Å². The number of fused-ring (bicyclic) bond motifs is 1. The molecule has 0 unspecified atom stereocenters. The van der Waals surface area contributed by atoms with Crippen molar-refractivity contribution in [2.75, 3.05) is 14.2 Å². The SMILES string of the molecule is COc1ccc(-c2cc(=O)c3cc(-c4cnco4)c(OC)cc3[nH]2)cc1Br. The summed E-state index contributed by atoms with van der Waals surface area (Å²) < 4.78 is 16.9. The number of hydrogen-bond donors (Lipinski definition) is 1. The van der Waals surface area contributed by atoms with E-state index in [-0.39, 0.29) is 5.43 Å². The zero-order chi connectivity index (χ0) is 19.0. The van der Waals surface area contributed by atoms with Gasteiger partial charge in [-0.15, -0.1) is 0 Å². The molecule has 7 heteroatoms. The molecular weight excluding hydrogens is 412 g/mol. The van der Waals surface area contributed by atoms with Gasteiger partial charge in [-0.3, -0.25) is 4.79 Å². The Morgan fingerprint density at radius 3 is 2.56 bits per heavy atom.